The van der Waals surface area contributed by atoms with Crippen LogP contribution in [0.2, 0.25) is 0 Å². The van der Waals surface area contributed by atoms with E-state index in [9.17, 15) is 4.79 Å². The van der Waals surface area contributed by atoms with Gasteiger partial charge in [-0.1, -0.05) is 44.2 Å². The van der Waals surface area contributed by atoms with E-state index in [0.717, 1.165) is 34.2 Å². The van der Waals surface area contributed by atoms with Crippen LogP contribution in [-0.4, -0.2) is 24.2 Å². The Morgan fingerprint density at radius 2 is 1.96 bits per heavy atom. The van der Waals surface area contributed by atoms with E-state index in [1.54, 1.807) is 0 Å². The fourth-order valence-corrected chi connectivity index (χ4v) is 2.80. The minimum Gasteiger partial charge on any atom is -0.489 e. The standard InChI is InChI=1S/C22H26N2O3/c1-16(2)14-27-22(25)23-11-10-18-13-24-21-12-19(8-9-20(18)21)26-15-17-6-4-3-5-7-17/h3-9,12-13,16,24H,10-11,14-15H2,1-2H3,(H,23,25). The molecular formula is C22H26N2O3. The van der Waals surface area contributed by atoms with Gasteiger partial charge in [0, 0.05) is 29.7 Å². The maximum atomic E-state index is 11.6. The monoisotopic (exact) mass is 366 g/mol. The molecule has 3 aromatic rings. The number of alkyl carbamates (subject to hydrolysis) is 1. The first kappa shape index (κ1) is 18.8. The van der Waals surface area contributed by atoms with Gasteiger partial charge in [0.15, 0.2) is 0 Å². The molecule has 0 radical (unpaired) electrons. The average Bonchev–Trinajstić information content (AvgIpc) is 3.08. The molecule has 1 amide bonds. The quantitative estimate of drug-likeness (QED) is 0.609. The van der Waals surface area contributed by atoms with Crippen molar-refractivity contribution in [3.05, 3.63) is 65.9 Å². The number of rotatable bonds is 8. The molecule has 3 rings (SSSR count). The van der Waals surface area contributed by atoms with Crippen LogP contribution in [0.3, 0.4) is 0 Å². The number of aromatic amines is 1. The Hall–Kier alpha value is -2.95. The molecule has 2 aromatic carbocycles. The number of nitrogens with one attached hydrogen (secondary N) is 2. The normalized spacial score (nSPS) is 10.9. The van der Waals surface area contributed by atoms with Gasteiger partial charge in [-0.25, -0.2) is 4.79 Å². The van der Waals surface area contributed by atoms with Crippen molar-refractivity contribution in [3.8, 4) is 5.75 Å². The maximum absolute atomic E-state index is 11.6. The van der Waals surface area contributed by atoms with E-state index in [1.165, 1.54) is 0 Å². The molecule has 27 heavy (non-hydrogen) atoms. The second kappa shape index (κ2) is 9.12. The van der Waals surface area contributed by atoms with Crippen molar-refractivity contribution >= 4 is 17.0 Å². The first-order valence-corrected chi connectivity index (χ1v) is 9.29. The highest BCUT2D eigenvalue weighted by atomic mass is 16.5. The number of carbonyl (C=O) groups excluding carboxylic acids is 1. The van der Waals surface area contributed by atoms with Crippen molar-refractivity contribution in [3.63, 3.8) is 0 Å². The second-order valence-electron chi connectivity index (χ2n) is 6.96. The predicted molar refractivity (Wildman–Crippen MR) is 107 cm³/mol. The first-order valence-electron chi connectivity index (χ1n) is 9.29. The summed E-state index contributed by atoms with van der Waals surface area (Å²) in [4.78, 5) is 14.9. The largest absolute Gasteiger partial charge is 0.489 e. The van der Waals surface area contributed by atoms with Gasteiger partial charge in [0.2, 0.25) is 0 Å². The van der Waals surface area contributed by atoms with Gasteiger partial charge in [0.25, 0.3) is 0 Å². The van der Waals surface area contributed by atoms with Crippen molar-refractivity contribution < 1.29 is 14.3 Å². The summed E-state index contributed by atoms with van der Waals surface area (Å²) in [6, 6.07) is 16.1. The average molecular weight is 366 g/mol. The smallest absolute Gasteiger partial charge is 0.407 e. The highest BCUT2D eigenvalue weighted by molar-refractivity contribution is 5.84. The number of hydrogen-bond acceptors (Lipinski definition) is 3. The lowest BCUT2D eigenvalue weighted by molar-refractivity contribution is 0.133. The van der Waals surface area contributed by atoms with E-state index in [2.05, 4.69) is 16.4 Å². The van der Waals surface area contributed by atoms with Crippen molar-refractivity contribution in [1.29, 1.82) is 0 Å². The van der Waals surface area contributed by atoms with Crippen molar-refractivity contribution in [2.75, 3.05) is 13.2 Å². The van der Waals surface area contributed by atoms with Crippen LogP contribution in [0.1, 0.15) is 25.0 Å². The van der Waals surface area contributed by atoms with Gasteiger partial charge < -0.3 is 19.8 Å². The van der Waals surface area contributed by atoms with Crippen LogP contribution in [0.4, 0.5) is 4.79 Å². The summed E-state index contributed by atoms with van der Waals surface area (Å²) in [7, 11) is 0. The van der Waals surface area contributed by atoms with Gasteiger partial charge >= 0.3 is 6.09 Å². The summed E-state index contributed by atoms with van der Waals surface area (Å²) >= 11 is 0. The van der Waals surface area contributed by atoms with Crippen LogP contribution in [0.5, 0.6) is 5.75 Å². The third-order valence-corrected chi connectivity index (χ3v) is 4.20. The number of ether oxygens (including phenoxy) is 2. The predicted octanol–water partition coefficient (Wildman–Crippen LogP) is 4.67. The highest BCUT2D eigenvalue weighted by Crippen LogP contribution is 2.24. The Kier molecular flexibility index (Phi) is 6.36. The summed E-state index contributed by atoms with van der Waals surface area (Å²) in [6.45, 7) is 5.54. The number of H-pyrrole nitrogens is 1. The lowest BCUT2D eigenvalue weighted by Gasteiger charge is -2.08. The zero-order valence-corrected chi connectivity index (χ0v) is 15.8. The van der Waals surface area contributed by atoms with Gasteiger partial charge in [-0.3, -0.25) is 0 Å². The van der Waals surface area contributed by atoms with E-state index >= 15 is 0 Å². The van der Waals surface area contributed by atoms with Gasteiger partial charge in [-0.05, 0) is 35.6 Å². The molecule has 0 bridgehead atoms. The minimum atomic E-state index is -0.361. The van der Waals surface area contributed by atoms with Gasteiger partial charge in [-0.2, -0.15) is 0 Å². The summed E-state index contributed by atoms with van der Waals surface area (Å²) < 4.78 is 11.0. The third kappa shape index (κ3) is 5.51. The van der Waals surface area contributed by atoms with E-state index in [-0.39, 0.29) is 6.09 Å². The van der Waals surface area contributed by atoms with Crippen LogP contribution in [-0.2, 0) is 17.8 Å². The van der Waals surface area contributed by atoms with E-state index in [1.807, 2.05) is 62.5 Å². The molecule has 0 fully saturated rings. The molecule has 0 aliphatic rings. The molecule has 2 N–H and O–H groups in total. The zero-order chi connectivity index (χ0) is 19.1. The Labute approximate surface area is 159 Å². The van der Waals surface area contributed by atoms with Crippen molar-refractivity contribution in [1.82, 2.24) is 10.3 Å². The second-order valence-corrected chi connectivity index (χ2v) is 6.96. The molecule has 0 atom stereocenters. The Morgan fingerprint density at radius 1 is 1.15 bits per heavy atom. The fourth-order valence-electron chi connectivity index (χ4n) is 2.80. The van der Waals surface area contributed by atoms with E-state index < -0.39 is 0 Å². The summed E-state index contributed by atoms with van der Waals surface area (Å²) in [5, 5.41) is 3.93. The Morgan fingerprint density at radius 3 is 2.74 bits per heavy atom. The van der Waals surface area contributed by atoms with Crippen LogP contribution in [0.15, 0.2) is 54.7 Å². The molecule has 0 aliphatic carbocycles. The van der Waals surface area contributed by atoms with Gasteiger partial charge in [0.05, 0.1) is 6.61 Å². The number of fused-ring (bicyclic) bond motifs is 1. The van der Waals surface area contributed by atoms with Gasteiger partial charge in [-0.15, -0.1) is 0 Å². The van der Waals surface area contributed by atoms with Crippen molar-refractivity contribution in [2.24, 2.45) is 5.92 Å². The SMILES string of the molecule is CC(C)COC(=O)NCCc1c[nH]c2cc(OCc3ccccc3)ccc12. The van der Waals surface area contributed by atoms with Crippen molar-refractivity contribution in [2.45, 2.75) is 26.9 Å². The fraction of sp³-hybridized carbons (Fsp3) is 0.318. The molecule has 0 spiro atoms. The number of hydrogen-bond donors (Lipinski definition) is 2. The number of carbonyl (C=O) groups is 1. The molecule has 5 nitrogen and oxygen atoms in total. The lowest BCUT2D eigenvalue weighted by atomic mass is 10.1. The number of benzene rings is 2. The Bertz CT molecular complexity index is 872. The molecule has 0 aliphatic heterocycles. The number of aromatic nitrogens is 1. The van der Waals surface area contributed by atoms with Crippen LogP contribution >= 0.6 is 0 Å². The molecule has 0 saturated heterocycles. The summed E-state index contributed by atoms with van der Waals surface area (Å²) in [5.41, 5.74) is 3.32. The number of amides is 1. The molecule has 1 heterocycles. The van der Waals surface area contributed by atoms with Crippen LogP contribution < -0.4 is 10.1 Å². The third-order valence-electron chi connectivity index (χ3n) is 4.20. The molecule has 142 valence electrons. The lowest BCUT2D eigenvalue weighted by Crippen LogP contribution is -2.27. The van der Waals surface area contributed by atoms with Gasteiger partial charge in [0.1, 0.15) is 12.4 Å². The molecule has 0 unspecified atom stereocenters. The highest BCUT2D eigenvalue weighted by Gasteiger charge is 2.07. The minimum absolute atomic E-state index is 0.336. The van der Waals surface area contributed by atoms with Crippen LogP contribution in [0, 0.1) is 5.92 Å². The van der Waals surface area contributed by atoms with E-state index in [0.29, 0.717) is 25.7 Å². The molecular weight excluding hydrogens is 340 g/mol. The topological polar surface area (TPSA) is 63.3 Å². The Balaban J connectivity index is 1.53. The maximum Gasteiger partial charge on any atom is 0.407 e. The van der Waals surface area contributed by atoms with E-state index in [4.69, 9.17) is 9.47 Å². The van der Waals surface area contributed by atoms with Crippen LogP contribution in [0.25, 0.3) is 10.9 Å². The molecule has 5 heteroatoms. The summed E-state index contributed by atoms with van der Waals surface area (Å²) in [5.74, 6) is 1.16. The first-order chi connectivity index (χ1) is 13.1. The zero-order valence-electron chi connectivity index (χ0n) is 15.8. The summed E-state index contributed by atoms with van der Waals surface area (Å²) in [6.07, 6.45) is 2.36. The molecule has 1 aromatic heterocycles. The molecule has 0 saturated carbocycles.